The molecule has 10 heteroatoms. The molecule has 1 saturated heterocycles. The van der Waals surface area contributed by atoms with Crippen LogP contribution in [0.4, 0.5) is 5.13 Å². The van der Waals surface area contributed by atoms with Gasteiger partial charge >= 0.3 is 5.91 Å². The van der Waals surface area contributed by atoms with E-state index in [4.69, 9.17) is 9.47 Å². The first kappa shape index (κ1) is 27.7. The van der Waals surface area contributed by atoms with Gasteiger partial charge in [0.1, 0.15) is 30.0 Å². The van der Waals surface area contributed by atoms with Crippen molar-refractivity contribution in [3.8, 4) is 11.5 Å². The first-order chi connectivity index (χ1) is 20.4. The van der Waals surface area contributed by atoms with Gasteiger partial charge in [0.05, 0.1) is 11.6 Å². The van der Waals surface area contributed by atoms with Gasteiger partial charge in [0.2, 0.25) is 5.13 Å². The molecule has 1 N–H and O–H groups in total. The second-order valence-corrected chi connectivity index (χ2v) is 12.1. The van der Waals surface area contributed by atoms with Crippen LogP contribution in [0.15, 0.2) is 95.4 Å². The molecule has 1 aromatic heterocycles. The molecule has 6 rings (SSSR count). The summed E-state index contributed by atoms with van der Waals surface area (Å²) in [5, 5.41) is 20.4. The lowest BCUT2D eigenvalue weighted by molar-refractivity contribution is -0.132. The minimum atomic E-state index is -0.944. The zero-order valence-corrected chi connectivity index (χ0v) is 24.4. The number of Topliss-reactive ketones (excluding diaryl/α,β-unsaturated/α-hetero) is 1. The van der Waals surface area contributed by atoms with E-state index in [9.17, 15) is 14.7 Å². The molecule has 8 nitrogen and oxygen atoms in total. The largest absolute Gasteiger partial charge is 0.507 e. The molecule has 42 heavy (non-hydrogen) atoms. The number of thioether (sulfide) groups is 1. The molecule has 212 valence electrons. The third-order valence-corrected chi connectivity index (χ3v) is 9.09. The summed E-state index contributed by atoms with van der Waals surface area (Å²) in [6.45, 7) is 5.96. The van der Waals surface area contributed by atoms with Gasteiger partial charge < -0.3 is 14.6 Å². The Morgan fingerprint density at radius 2 is 1.98 bits per heavy atom. The lowest BCUT2D eigenvalue weighted by atomic mass is 9.94. The highest BCUT2D eigenvalue weighted by Gasteiger charge is 2.48. The van der Waals surface area contributed by atoms with Gasteiger partial charge in [0, 0.05) is 17.7 Å². The summed E-state index contributed by atoms with van der Waals surface area (Å²) in [6, 6.07) is 21.4. The van der Waals surface area contributed by atoms with E-state index in [0.29, 0.717) is 33.4 Å². The number of ether oxygens (including phenoxy) is 2. The van der Waals surface area contributed by atoms with Gasteiger partial charge in [-0.05, 0) is 53.9 Å². The van der Waals surface area contributed by atoms with E-state index in [2.05, 4.69) is 16.8 Å². The molecular formula is C32H27N3O5S2. The van der Waals surface area contributed by atoms with Gasteiger partial charge in [-0.2, -0.15) is 0 Å². The third-order valence-electron chi connectivity index (χ3n) is 6.96. The normalized spacial score (nSPS) is 19.0. The number of nitrogens with zero attached hydrogens (tertiary/aromatic N) is 3. The van der Waals surface area contributed by atoms with Gasteiger partial charge in [-0.15, -0.1) is 10.2 Å². The molecule has 4 aromatic rings. The maximum absolute atomic E-state index is 13.6. The van der Waals surface area contributed by atoms with Crippen LogP contribution in [0.5, 0.6) is 11.5 Å². The Hall–Kier alpha value is -4.41. The van der Waals surface area contributed by atoms with Crippen LogP contribution >= 0.6 is 23.1 Å². The molecule has 0 radical (unpaired) electrons. The standard InChI is InChI=1S/C32H27N3O5S2/c1-3-14-39-24-11-7-10-21(17-24)27-26(28(36)22-12-13-25-23(16-22)15-19(2)40-25)29(37)30(38)35(27)31-33-34-32(42-31)41-18-20-8-5-4-6-9-20/h3-13,16-17,19,27,36H,1,14-15,18H2,2H3/b28-26+/t19-,27+/m0/s1. The van der Waals surface area contributed by atoms with Crippen molar-refractivity contribution in [2.75, 3.05) is 11.5 Å². The Balaban J connectivity index is 1.41. The van der Waals surface area contributed by atoms with E-state index < -0.39 is 17.7 Å². The molecule has 0 spiro atoms. The van der Waals surface area contributed by atoms with Crippen molar-refractivity contribution in [3.63, 3.8) is 0 Å². The highest BCUT2D eigenvalue weighted by Crippen LogP contribution is 2.45. The number of carbonyl (C=O) groups is 2. The van der Waals surface area contributed by atoms with E-state index in [1.54, 1.807) is 42.5 Å². The molecular weight excluding hydrogens is 571 g/mol. The summed E-state index contributed by atoms with van der Waals surface area (Å²) in [5.41, 5.74) is 3.06. The molecule has 0 aliphatic carbocycles. The maximum Gasteiger partial charge on any atom is 0.301 e. The number of hydrogen-bond donors (Lipinski definition) is 1. The molecule has 2 atom stereocenters. The molecule has 1 fully saturated rings. The van der Waals surface area contributed by atoms with Crippen molar-refractivity contribution in [3.05, 3.63) is 113 Å². The monoisotopic (exact) mass is 597 g/mol. The van der Waals surface area contributed by atoms with E-state index in [1.807, 2.05) is 43.3 Å². The lowest BCUT2D eigenvalue weighted by Crippen LogP contribution is -2.29. The molecule has 0 saturated carbocycles. The van der Waals surface area contributed by atoms with Crippen molar-refractivity contribution < 1.29 is 24.2 Å². The minimum Gasteiger partial charge on any atom is -0.507 e. The number of aliphatic hydroxyl groups is 1. The Morgan fingerprint density at radius 3 is 2.79 bits per heavy atom. The number of fused-ring (bicyclic) bond motifs is 1. The molecule has 3 heterocycles. The number of aromatic nitrogens is 2. The zero-order chi connectivity index (χ0) is 29.2. The van der Waals surface area contributed by atoms with Crippen LogP contribution in [0, 0.1) is 0 Å². The lowest BCUT2D eigenvalue weighted by Gasteiger charge is -2.23. The first-order valence-electron chi connectivity index (χ1n) is 13.4. The number of ketones is 1. The number of carbonyl (C=O) groups excluding carboxylic acids is 2. The summed E-state index contributed by atoms with van der Waals surface area (Å²) in [4.78, 5) is 28.6. The average molecular weight is 598 g/mol. The summed E-state index contributed by atoms with van der Waals surface area (Å²) in [5.74, 6) is 0.127. The van der Waals surface area contributed by atoms with E-state index in [0.717, 1.165) is 16.9 Å². The fourth-order valence-corrected chi connectivity index (χ4v) is 6.90. The highest BCUT2D eigenvalue weighted by molar-refractivity contribution is 8.00. The van der Waals surface area contributed by atoms with E-state index in [1.165, 1.54) is 28.0 Å². The summed E-state index contributed by atoms with van der Waals surface area (Å²) < 4.78 is 12.2. The van der Waals surface area contributed by atoms with Crippen molar-refractivity contribution in [2.45, 2.75) is 35.6 Å². The van der Waals surface area contributed by atoms with Gasteiger partial charge in [0.25, 0.3) is 5.78 Å². The number of amides is 1. The minimum absolute atomic E-state index is 0.0210. The molecule has 2 aliphatic heterocycles. The van der Waals surface area contributed by atoms with Gasteiger partial charge in [-0.25, -0.2) is 0 Å². The third kappa shape index (κ3) is 5.43. The number of aliphatic hydroxyl groups excluding tert-OH is 1. The van der Waals surface area contributed by atoms with Crippen molar-refractivity contribution in [1.82, 2.24) is 10.2 Å². The molecule has 1 amide bonds. The van der Waals surface area contributed by atoms with Crippen molar-refractivity contribution >= 4 is 45.7 Å². The first-order valence-corrected chi connectivity index (χ1v) is 15.2. The van der Waals surface area contributed by atoms with Crippen LogP contribution in [0.2, 0.25) is 0 Å². The fraction of sp³-hybridized carbons (Fsp3) is 0.188. The topological polar surface area (TPSA) is 102 Å². The van der Waals surface area contributed by atoms with Crippen molar-refractivity contribution in [1.29, 1.82) is 0 Å². The Morgan fingerprint density at radius 1 is 1.14 bits per heavy atom. The summed E-state index contributed by atoms with van der Waals surface area (Å²) in [7, 11) is 0. The fourth-order valence-electron chi connectivity index (χ4n) is 5.08. The van der Waals surface area contributed by atoms with Gasteiger partial charge in [0.15, 0.2) is 4.34 Å². The number of hydrogen-bond acceptors (Lipinski definition) is 9. The number of benzene rings is 3. The quantitative estimate of drug-likeness (QED) is 0.0595. The van der Waals surface area contributed by atoms with Gasteiger partial charge in [-0.1, -0.05) is 78.2 Å². The predicted octanol–water partition coefficient (Wildman–Crippen LogP) is 6.34. The van der Waals surface area contributed by atoms with Crippen LogP contribution < -0.4 is 14.4 Å². The van der Waals surface area contributed by atoms with Crippen molar-refractivity contribution in [2.24, 2.45) is 0 Å². The Kier molecular flexibility index (Phi) is 7.82. The predicted molar refractivity (Wildman–Crippen MR) is 163 cm³/mol. The zero-order valence-electron chi connectivity index (χ0n) is 22.7. The summed E-state index contributed by atoms with van der Waals surface area (Å²) >= 11 is 2.72. The second-order valence-electron chi connectivity index (χ2n) is 9.92. The van der Waals surface area contributed by atoms with Crippen LogP contribution in [-0.4, -0.2) is 39.7 Å². The van der Waals surface area contributed by atoms with Crippen LogP contribution in [-0.2, 0) is 21.8 Å². The van der Waals surface area contributed by atoms with Crippen LogP contribution in [0.3, 0.4) is 0 Å². The van der Waals surface area contributed by atoms with Gasteiger partial charge in [-0.3, -0.25) is 14.5 Å². The second kappa shape index (κ2) is 11.8. The summed E-state index contributed by atoms with van der Waals surface area (Å²) in [6.07, 6.45) is 2.34. The average Bonchev–Trinajstić information content (AvgIpc) is 3.70. The Labute approximate surface area is 251 Å². The van der Waals surface area contributed by atoms with Crippen LogP contribution in [0.1, 0.15) is 35.2 Å². The molecule has 0 unspecified atom stereocenters. The number of anilines is 1. The number of rotatable bonds is 9. The molecule has 3 aromatic carbocycles. The molecule has 0 bridgehead atoms. The smallest absolute Gasteiger partial charge is 0.301 e. The maximum atomic E-state index is 13.6. The highest BCUT2D eigenvalue weighted by atomic mass is 32.2. The Bertz CT molecular complexity index is 1700. The SMILES string of the molecule is C=CCOc1cccc([C@@H]2/C(=C(\O)c3ccc4c(c3)C[C@H](C)O4)C(=O)C(=O)N2c2nnc(SCc3ccccc3)s2)c1. The van der Waals surface area contributed by atoms with E-state index >= 15 is 0 Å². The molecule has 2 aliphatic rings. The van der Waals surface area contributed by atoms with Crippen LogP contribution in [0.25, 0.3) is 5.76 Å². The van der Waals surface area contributed by atoms with E-state index in [-0.39, 0.29) is 29.2 Å².